The summed E-state index contributed by atoms with van der Waals surface area (Å²) >= 11 is 0. The van der Waals surface area contributed by atoms with Gasteiger partial charge in [-0.25, -0.2) is 0 Å². The Morgan fingerprint density at radius 1 is 0.622 bits per heavy atom. The van der Waals surface area contributed by atoms with Gasteiger partial charge in [0.15, 0.2) is 0 Å². The van der Waals surface area contributed by atoms with E-state index in [9.17, 15) is 0 Å². The van der Waals surface area contributed by atoms with E-state index in [0.29, 0.717) is 12.2 Å². The summed E-state index contributed by atoms with van der Waals surface area (Å²) in [5, 5.41) is 0. The Hall–Kier alpha value is -1.64. The SMILES string of the molecule is CCCCCCC(CC1(CCCCCCC(C)OCCC)c2ccccc2-c2ccccc21)OCCC. The molecule has 2 heteroatoms. The van der Waals surface area contributed by atoms with Gasteiger partial charge in [-0.05, 0) is 67.7 Å². The summed E-state index contributed by atoms with van der Waals surface area (Å²) in [6.45, 7) is 10.7. The van der Waals surface area contributed by atoms with Gasteiger partial charge in [-0.1, -0.05) is 121 Å². The average molecular weight is 507 g/mol. The van der Waals surface area contributed by atoms with E-state index in [1.165, 1.54) is 92.9 Å². The zero-order chi connectivity index (χ0) is 26.3. The molecule has 37 heavy (non-hydrogen) atoms. The van der Waals surface area contributed by atoms with Crippen molar-refractivity contribution in [3.8, 4) is 11.1 Å². The third-order valence-electron chi connectivity index (χ3n) is 8.26. The maximum Gasteiger partial charge on any atom is 0.0586 e. The summed E-state index contributed by atoms with van der Waals surface area (Å²) in [4.78, 5) is 0. The summed E-state index contributed by atoms with van der Waals surface area (Å²) in [6, 6.07) is 18.4. The zero-order valence-electron chi connectivity index (χ0n) is 24.4. The number of hydrogen-bond acceptors (Lipinski definition) is 2. The highest BCUT2D eigenvalue weighted by molar-refractivity contribution is 5.81. The maximum absolute atomic E-state index is 6.58. The van der Waals surface area contributed by atoms with E-state index in [1.807, 2.05) is 0 Å². The van der Waals surface area contributed by atoms with Crippen molar-refractivity contribution in [1.82, 2.24) is 0 Å². The Morgan fingerprint density at radius 3 is 1.84 bits per heavy atom. The third-order valence-corrected chi connectivity index (χ3v) is 8.26. The Kier molecular flexibility index (Phi) is 13.2. The molecule has 0 heterocycles. The third kappa shape index (κ3) is 8.42. The monoisotopic (exact) mass is 506 g/mol. The topological polar surface area (TPSA) is 18.5 Å². The average Bonchev–Trinajstić information content (AvgIpc) is 3.20. The minimum Gasteiger partial charge on any atom is -0.379 e. The summed E-state index contributed by atoms with van der Waals surface area (Å²) in [5.41, 5.74) is 6.03. The smallest absolute Gasteiger partial charge is 0.0586 e. The number of fused-ring (bicyclic) bond motifs is 3. The molecule has 0 N–H and O–H groups in total. The number of ether oxygens (including phenoxy) is 2. The van der Waals surface area contributed by atoms with Crippen LogP contribution >= 0.6 is 0 Å². The van der Waals surface area contributed by atoms with Crippen LogP contribution in [0.25, 0.3) is 11.1 Å². The molecule has 0 bridgehead atoms. The van der Waals surface area contributed by atoms with E-state index in [-0.39, 0.29) is 5.41 Å². The van der Waals surface area contributed by atoms with Gasteiger partial charge in [0.2, 0.25) is 0 Å². The first kappa shape index (κ1) is 29.9. The van der Waals surface area contributed by atoms with E-state index in [4.69, 9.17) is 9.47 Å². The first-order valence-electron chi connectivity index (χ1n) is 15.6. The van der Waals surface area contributed by atoms with E-state index < -0.39 is 0 Å². The quantitative estimate of drug-likeness (QED) is 0.166. The predicted octanol–water partition coefficient (Wildman–Crippen LogP) is 10.3. The van der Waals surface area contributed by atoms with Gasteiger partial charge < -0.3 is 9.47 Å². The second kappa shape index (κ2) is 16.4. The highest BCUT2D eigenvalue weighted by atomic mass is 16.5. The van der Waals surface area contributed by atoms with Gasteiger partial charge in [-0.15, -0.1) is 0 Å². The van der Waals surface area contributed by atoms with Crippen molar-refractivity contribution in [2.45, 2.75) is 135 Å². The number of rotatable bonds is 20. The van der Waals surface area contributed by atoms with E-state index in [0.717, 1.165) is 32.5 Å². The molecule has 0 saturated heterocycles. The molecule has 206 valence electrons. The molecule has 2 atom stereocenters. The molecule has 0 radical (unpaired) electrons. The zero-order valence-corrected chi connectivity index (χ0v) is 24.4. The Labute approximate surface area is 228 Å². The standard InChI is InChI=1S/C35H54O2/c1-5-8-9-13-20-30(37-27-7-3)28-35(25-18-11-10-12-19-29(4)36-26-6-2)33-23-16-14-21-31(33)32-22-15-17-24-34(32)35/h14-17,21-24,29-30H,5-13,18-20,25-28H2,1-4H3. The molecule has 0 spiro atoms. The second-order valence-electron chi connectivity index (χ2n) is 11.4. The molecule has 2 unspecified atom stereocenters. The van der Waals surface area contributed by atoms with Gasteiger partial charge in [0, 0.05) is 18.6 Å². The lowest BCUT2D eigenvalue weighted by atomic mass is 9.70. The highest BCUT2D eigenvalue weighted by Gasteiger charge is 2.43. The number of benzene rings is 2. The molecule has 2 nitrogen and oxygen atoms in total. The molecule has 0 saturated carbocycles. The summed E-state index contributed by atoms with van der Waals surface area (Å²) < 4.78 is 12.5. The van der Waals surface area contributed by atoms with Crippen LogP contribution < -0.4 is 0 Å². The minimum absolute atomic E-state index is 0.0634. The predicted molar refractivity (Wildman–Crippen MR) is 159 cm³/mol. The molecule has 0 aromatic heterocycles. The van der Waals surface area contributed by atoms with Gasteiger partial charge in [-0.2, -0.15) is 0 Å². The fourth-order valence-corrected chi connectivity index (χ4v) is 6.34. The van der Waals surface area contributed by atoms with Crippen LogP contribution in [0.4, 0.5) is 0 Å². The lowest BCUT2D eigenvalue weighted by Gasteiger charge is -2.36. The first-order chi connectivity index (χ1) is 18.2. The fraction of sp³-hybridized carbons (Fsp3) is 0.657. The molecule has 0 amide bonds. The van der Waals surface area contributed by atoms with Crippen molar-refractivity contribution < 1.29 is 9.47 Å². The van der Waals surface area contributed by atoms with Gasteiger partial charge in [0.1, 0.15) is 0 Å². The fourth-order valence-electron chi connectivity index (χ4n) is 6.34. The molecule has 0 fully saturated rings. The molecular formula is C35H54O2. The van der Waals surface area contributed by atoms with Crippen LogP contribution in [0.15, 0.2) is 48.5 Å². The number of hydrogen-bond donors (Lipinski definition) is 0. The summed E-state index contributed by atoms with van der Waals surface area (Å²) in [7, 11) is 0. The van der Waals surface area contributed by atoms with Crippen LogP contribution in [-0.2, 0) is 14.9 Å². The Bertz CT molecular complexity index is 843. The molecule has 2 aromatic carbocycles. The van der Waals surface area contributed by atoms with Crippen molar-refractivity contribution in [3.63, 3.8) is 0 Å². The van der Waals surface area contributed by atoms with Crippen LogP contribution in [0.3, 0.4) is 0 Å². The van der Waals surface area contributed by atoms with Crippen LogP contribution in [0.5, 0.6) is 0 Å². The summed E-state index contributed by atoms with van der Waals surface area (Å²) in [5.74, 6) is 0. The van der Waals surface area contributed by atoms with Crippen molar-refractivity contribution in [2.24, 2.45) is 0 Å². The van der Waals surface area contributed by atoms with Crippen LogP contribution in [0.1, 0.15) is 129 Å². The van der Waals surface area contributed by atoms with E-state index >= 15 is 0 Å². The summed E-state index contributed by atoms with van der Waals surface area (Å²) in [6.07, 6.45) is 17.9. The molecule has 0 aliphatic heterocycles. The van der Waals surface area contributed by atoms with Crippen LogP contribution in [0, 0.1) is 0 Å². The molecule has 3 rings (SSSR count). The van der Waals surface area contributed by atoms with Crippen LogP contribution in [0.2, 0.25) is 0 Å². The molecular weight excluding hydrogens is 452 g/mol. The van der Waals surface area contributed by atoms with Crippen LogP contribution in [-0.4, -0.2) is 25.4 Å². The van der Waals surface area contributed by atoms with Gasteiger partial charge >= 0.3 is 0 Å². The Balaban J connectivity index is 1.75. The number of unbranched alkanes of at least 4 members (excludes halogenated alkanes) is 6. The molecule has 1 aliphatic rings. The van der Waals surface area contributed by atoms with Crippen molar-refractivity contribution in [2.75, 3.05) is 13.2 Å². The second-order valence-corrected chi connectivity index (χ2v) is 11.4. The van der Waals surface area contributed by atoms with Gasteiger partial charge in [-0.3, -0.25) is 0 Å². The largest absolute Gasteiger partial charge is 0.379 e. The van der Waals surface area contributed by atoms with Crippen molar-refractivity contribution >= 4 is 0 Å². The molecule has 2 aromatic rings. The van der Waals surface area contributed by atoms with E-state index in [1.54, 1.807) is 0 Å². The Morgan fingerprint density at radius 2 is 1.19 bits per heavy atom. The lowest BCUT2D eigenvalue weighted by molar-refractivity contribution is 0.0270. The first-order valence-corrected chi connectivity index (χ1v) is 15.6. The maximum atomic E-state index is 6.58. The highest BCUT2D eigenvalue weighted by Crippen LogP contribution is 2.54. The normalized spacial score (nSPS) is 15.4. The van der Waals surface area contributed by atoms with Gasteiger partial charge in [0.05, 0.1) is 12.2 Å². The molecule has 1 aliphatic carbocycles. The van der Waals surface area contributed by atoms with Crippen molar-refractivity contribution in [3.05, 3.63) is 59.7 Å². The lowest BCUT2D eigenvalue weighted by Crippen LogP contribution is -2.32. The van der Waals surface area contributed by atoms with Crippen molar-refractivity contribution in [1.29, 1.82) is 0 Å². The van der Waals surface area contributed by atoms with Gasteiger partial charge in [0.25, 0.3) is 0 Å². The van der Waals surface area contributed by atoms with E-state index in [2.05, 4.69) is 76.2 Å². The minimum atomic E-state index is 0.0634.